The number of alkyl halides is 3. The van der Waals surface area contributed by atoms with Crippen molar-refractivity contribution in [2.24, 2.45) is 0 Å². The Morgan fingerprint density at radius 1 is 1.11 bits per heavy atom. The number of nitrogens with zero attached hydrogens (tertiary/aromatic N) is 2. The molecular weight excluding hydrogens is 285 g/mol. The van der Waals surface area contributed by atoms with Crippen molar-refractivity contribution >= 4 is 15.8 Å². The molecule has 1 aromatic carbocycles. The Hall–Kier alpha value is -1.48. The Balaban J connectivity index is 3.17. The highest BCUT2D eigenvalue weighted by atomic mass is 32.2. The standard InChI is InChI=1S/C10H13F3N2O3S/c1-14(2)15(3)8-6-4-5-7-9(8)18-19(16,17)10(11,12)13/h4-7H,1-3H3. The van der Waals surface area contributed by atoms with Crippen LogP contribution in [0.2, 0.25) is 0 Å². The summed E-state index contributed by atoms with van der Waals surface area (Å²) in [6, 6.07) is 5.54. The number of hydrogen-bond donors (Lipinski definition) is 0. The molecule has 5 nitrogen and oxygen atoms in total. The van der Waals surface area contributed by atoms with E-state index < -0.39 is 21.4 Å². The van der Waals surface area contributed by atoms with Crippen LogP contribution in [0.1, 0.15) is 0 Å². The molecule has 0 unspecified atom stereocenters. The van der Waals surface area contributed by atoms with E-state index in [1.54, 1.807) is 32.2 Å². The lowest BCUT2D eigenvalue weighted by molar-refractivity contribution is -0.0499. The van der Waals surface area contributed by atoms with E-state index in [0.717, 1.165) is 6.07 Å². The number of anilines is 1. The maximum absolute atomic E-state index is 12.3. The summed E-state index contributed by atoms with van der Waals surface area (Å²) in [7, 11) is -0.824. The van der Waals surface area contributed by atoms with Crippen molar-refractivity contribution in [3.05, 3.63) is 24.3 Å². The molecule has 0 amide bonds. The monoisotopic (exact) mass is 298 g/mol. The molecule has 0 spiro atoms. The molecule has 0 saturated heterocycles. The molecule has 0 fully saturated rings. The maximum Gasteiger partial charge on any atom is 0.534 e. The van der Waals surface area contributed by atoms with Crippen LogP contribution in [0.3, 0.4) is 0 Å². The lowest BCUT2D eigenvalue weighted by Gasteiger charge is -2.27. The van der Waals surface area contributed by atoms with Crippen molar-refractivity contribution in [1.29, 1.82) is 0 Å². The Morgan fingerprint density at radius 2 is 1.63 bits per heavy atom. The third kappa shape index (κ3) is 3.51. The highest BCUT2D eigenvalue weighted by molar-refractivity contribution is 7.88. The zero-order chi connectivity index (χ0) is 14.8. The topological polar surface area (TPSA) is 49.9 Å². The van der Waals surface area contributed by atoms with Gasteiger partial charge in [0.1, 0.15) is 0 Å². The summed E-state index contributed by atoms with van der Waals surface area (Å²) in [5.74, 6) is -0.393. The summed E-state index contributed by atoms with van der Waals surface area (Å²) in [4.78, 5) is 0. The van der Waals surface area contributed by atoms with Crippen LogP contribution >= 0.6 is 0 Å². The van der Waals surface area contributed by atoms with Crippen molar-refractivity contribution in [2.75, 3.05) is 26.2 Å². The van der Waals surface area contributed by atoms with Crippen molar-refractivity contribution in [2.45, 2.75) is 5.51 Å². The molecule has 0 aliphatic rings. The first kappa shape index (κ1) is 15.6. The van der Waals surface area contributed by atoms with E-state index in [2.05, 4.69) is 4.18 Å². The Morgan fingerprint density at radius 3 is 2.11 bits per heavy atom. The van der Waals surface area contributed by atoms with Gasteiger partial charge < -0.3 is 9.19 Å². The van der Waals surface area contributed by atoms with Crippen LogP contribution in [0.15, 0.2) is 24.3 Å². The van der Waals surface area contributed by atoms with E-state index in [1.807, 2.05) is 0 Å². The van der Waals surface area contributed by atoms with Crippen molar-refractivity contribution in [3.8, 4) is 5.75 Å². The lowest BCUT2D eigenvalue weighted by Crippen LogP contribution is -2.34. The molecule has 0 bridgehead atoms. The Labute approximate surface area is 109 Å². The van der Waals surface area contributed by atoms with Crippen molar-refractivity contribution < 1.29 is 25.8 Å². The molecule has 0 aliphatic heterocycles. The number of hydrazine groups is 1. The second-order valence-electron chi connectivity index (χ2n) is 3.82. The Kier molecular flexibility index (Phi) is 4.31. The molecule has 0 aromatic heterocycles. The molecule has 1 rings (SSSR count). The van der Waals surface area contributed by atoms with E-state index in [1.165, 1.54) is 17.1 Å². The van der Waals surface area contributed by atoms with Crippen LogP contribution in [0.5, 0.6) is 5.75 Å². The maximum atomic E-state index is 12.3. The first-order valence-corrected chi connectivity index (χ1v) is 6.48. The van der Waals surface area contributed by atoms with E-state index >= 15 is 0 Å². The second-order valence-corrected chi connectivity index (χ2v) is 5.36. The fourth-order valence-corrected chi connectivity index (χ4v) is 1.65. The van der Waals surface area contributed by atoms with E-state index in [4.69, 9.17) is 0 Å². The van der Waals surface area contributed by atoms with Gasteiger partial charge in [0.05, 0.1) is 5.69 Å². The Bertz CT molecular complexity index is 543. The molecule has 0 radical (unpaired) electrons. The minimum absolute atomic E-state index is 0.195. The van der Waals surface area contributed by atoms with Crippen LogP contribution in [0, 0.1) is 0 Å². The van der Waals surface area contributed by atoms with E-state index in [9.17, 15) is 21.6 Å². The number of hydrogen-bond acceptors (Lipinski definition) is 5. The summed E-state index contributed by atoms with van der Waals surface area (Å²) in [6.45, 7) is 0. The fourth-order valence-electron chi connectivity index (χ4n) is 1.18. The molecule has 9 heteroatoms. The van der Waals surface area contributed by atoms with Gasteiger partial charge in [-0.25, -0.2) is 5.01 Å². The lowest BCUT2D eigenvalue weighted by atomic mass is 10.3. The summed E-state index contributed by atoms with van der Waals surface area (Å²) in [5.41, 5.74) is -5.27. The van der Waals surface area contributed by atoms with Crippen molar-refractivity contribution in [1.82, 2.24) is 5.01 Å². The molecule has 108 valence electrons. The minimum atomic E-state index is -5.68. The zero-order valence-electron chi connectivity index (χ0n) is 10.5. The number of para-hydroxylation sites is 2. The average Bonchev–Trinajstić information content (AvgIpc) is 2.26. The summed E-state index contributed by atoms with van der Waals surface area (Å²) in [6.07, 6.45) is 0. The van der Waals surface area contributed by atoms with Gasteiger partial charge in [-0.05, 0) is 12.1 Å². The molecule has 0 atom stereocenters. The highest BCUT2D eigenvalue weighted by Crippen LogP contribution is 2.33. The van der Waals surface area contributed by atoms with E-state index in [-0.39, 0.29) is 5.69 Å². The SMILES string of the molecule is CN(C)N(C)c1ccccc1OS(=O)(=O)C(F)(F)F. The number of halogens is 3. The van der Waals surface area contributed by atoms with Gasteiger partial charge in [-0.1, -0.05) is 12.1 Å². The molecule has 19 heavy (non-hydrogen) atoms. The van der Waals surface area contributed by atoms with Crippen LogP contribution in [-0.2, 0) is 10.1 Å². The largest absolute Gasteiger partial charge is 0.534 e. The molecule has 0 saturated carbocycles. The van der Waals surface area contributed by atoms with Crippen LogP contribution in [-0.4, -0.2) is 40.1 Å². The first-order valence-electron chi connectivity index (χ1n) is 5.07. The normalized spacial score (nSPS) is 12.6. The van der Waals surface area contributed by atoms with E-state index in [0.29, 0.717) is 0 Å². The van der Waals surface area contributed by atoms with Crippen molar-refractivity contribution in [3.63, 3.8) is 0 Å². The molecular formula is C10H13F3N2O3S. The van der Waals surface area contributed by atoms with Gasteiger partial charge >= 0.3 is 15.6 Å². The smallest absolute Gasteiger partial charge is 0.374 e. The van der Waals surface area contributed by atoms with Crippen LogP contribution < -0.4 is 9.19 Å². The highest BCUT2D eigenvalue weighted by Gasteiger charge is 2.48. The van der Waals surface area contributed by atoms with Gasteiger partial charge in [0.25, 0.3) is 0 Å². The van der Waals surface area contributed by atoms with Gasteiger partial charge in [-0.3, -0.25) is 0 Å². The third-order valence-electron chi connectivity index (χ3n) is 2.30. The molecule has 1 aromatic rings. The fraction of sp³-hybridized carbons (Fsp3) is 0.400. The zero-order valence-corrected chi connectivity index (χ0v) is 11.3. The third-order valence-corrected chi connectivity index (χ3v) is 3.26. The number of benzene rings is 1. The van der Waals surface area contributed by atoms with Gasteiger partial charge in [-0.15, -0.1) is 0 Å². The summed E-state index contributed by atoms with van der Waals surface area (Å²) in [5, 5.41) is 3.00. The van der Waals surface area contributed by atoms with Gasteiger partial charge in [0.15, 0.2) is 5.75 Å². The minimum Gasteiger partial charge on any atom is -0.374 e. The molecule has 0 N–H and O–H groups in total. The number of rotatable bonds is 4. The second kappa shape index (κ2) is 5.25. The molecule has 0 heterocycles. The predicted octanol–water partition coefficient (Wildman–Crippen LogP) is 1.83. The molecule has 0 aliphatic carbocycles. The summed E-state index contributed by atoms with van der Waals surface area (Å²) >= 11 is 0. The quantitative estimate of drug-likeness (QED) is 0.482. The van der Waals surface area contributed by atoms with Gasteiger partial charge in [0.2, 0.25) is 0 Å². The van der Waals surface area contributed by atoms with Crippen LogP contribution in [0.4, 0.5) is 18.9 Å². The van der Waals surface area contributed by atoms with Gasteiger partial charge in [-0.2, -0.15) is 21.6 Å². The predicted molar refractivity (Wildman–Crippen MR) is 64.1 cm³/mol. The summed E-state index contributed by atoms with van der Waals surface area (Å²) < 4.78 is 62.9. The first-order chi connectivity index (χ1) is 8.56. The van der Waals surface area contributed by atoms with Gasteiger partial charge in [0, 0.05) is 21.1 Å². The van der Waals surface area contributed by atoms with Crippen LogP contribution in [0.25, 0.3) is 0 Å². The average molecular weight is 298 g/mol.